The maximum Gasteiger partial charge on any atom is 0.341 e. The first-order valence-corrected chi connectivity index (χ1v) is 8.47. The highest BCUT2D eigenvalue weighted by atomic mass is 19.1. The molecule has 1 fully saturated rings. The second-order valence-corrected chi connectivity index (χ2v) is 6.45. The summed E-state index contributed by atoms with van der Waals surface area (Å²) in [5.41, 5.74) is 5.07. The molecule has 7 nitrogen and oxygen atoms in total. The molecule has 0 unspecified atom stereocenters. The number of carbonyl (C=O) groups is 2. The Bertz CT molecular complexity index is 946. The highest BCUT2D eigenvalue weighted by Gasteiger charge is 2.25. The van der Waals surface area contributed by atoms with Gasteiger partial charge >= 0.3 is 5.97 Å². The van der Waals surface area contributed by atoms with Gasteiger partial charge in [-0.1, -0.05) is 0 Å². The average molecular weight is 361 g/mol. The number of aromatic nitrogens is 1. The second-order valence-electron chi connectivity index (χ2n) is 6.45. The third kappa shape index (κ3) is 3.02. The number of amides is 1. The van der Waals surface area contributed by atoms with Crippen molar-refractivity contribution in [2.24, 2.45) is 11.7 Å². The number of carboxylic acids is 1. The number of primary amides is 1. The molecule has 8 heteroatoms. The lowest BCUT2D eigenvalue weighted by Crippen LogP contribution is -2.39. The highest BCUT2D eigenvalue weighted by molar-refractivity contribution is 5.93. The summed E-state index contributed by atoms with van der Waals surface area (Å²) in [5, 5.41) is 9.23. The standard InChI is InChI=1S/C18H20FN3O4/c1-2-21-9-12(18(25)26)16(23)11-7-13(19)15(8-14(11)21)22-5-3-10(4-6-22)17(20)24/h7-10H,2-6H2,1H3,(H2,20,24)(H,25,26). The summed E-state index contributed by atoms with van der Waals surface area (Å²) in [4.78, 5) is 36.7. The number of fused-ring (bicyclic) bond motifs is 1. The molecule has 1 saturated heterocycles. The van der Waals surface area contributed by atoms with Gasteiger partial charge in [-0.15, -0.1) is 0 Å². The average Bonchev–Trinajstić information content (AvgIpc) is 2.62. The molecular weight excluding hydrogens is 341 g/mol. The van der Waals surface area contributed by atoms with Crippen LogP contribution in [0.5, 0.6) is 0 Å². The van der Waals surface area contributed by atoms with Crippen molar-refractivity contribution in [3.05, 3.63) is 39.9 Å². The molecular formula is C18H20FN3O4. The summed E-state index contributed by atoms with van der Waals surface area (Å²) < 4.78 is 16.3. The van der Waals surface area contributed by atoms with E-state index in [-0.39, 0.29) is 22.8 Å². The van der Waals surface area contributed by atoms with Crippen LogP contribution in [0.4, 0.5) is 10.1 Å². The number of rotatable bonds is 4. The molecule has 26 heavy (non-hydrogen) atoms. The Labute approximate surface area is 148 Å². The summed E-state index contributed by atoms with van der Waals surface area (Å²) in [7, 11) is 0. The number of nitrogens with two attached hydrogens (primary N) is 1. The largest absolute Gasteiger partial charge is 0.477 e. The lowest BCUT2D eigenvalue weighted by atomic mass is 9.95. The fourth-order valence-corrected chi connectivity index (χ4v) is 3.46. The van der Waals surface area contributed by atoms with Crippen molar-refractivity contribution < 1.29 is 19.1 Å². The van der Waals surface area contributed by atoms with Crippen LogP contribution < -0.4 is 16.1 Å². The zero-order valence-electron chi connectivity index (χ0n) is 14.4. The normalized spacial score (nSPS) is 15.4. The maximum absolute atomic E-state index is 14.7. The molecule has 1 aliphatic rings. The lowest BCUT2D eigenvalue weighted by molar-refractivity contribution is -0.122. The minimum absolute atomic E-state index is 0.0417. The highest BCUT2D eigenvalue weighted by Crippen LogP contribution is 2.29. The number of nitrogens with zero attached hydrogens (tertiary/aromatic N) is 2. The minimum Gasteiger partial charge on any atom is -0.477 e. The van der Waals surface area contributed by atoms with Gasteiger partial charge < -0.3 is 20.3 Å². The molecule has 0 saturated carbocycles. The van der Waals surface area contributed by atoms with Crippen LogP contribution in [-0.2, 0) is 11.3 Å². The van der Waals surface area contributed by atoms with E-state index in [1.165, 1.54) is 6.20 Å². The van der Waals surface area contributed by atoms with E-state index in [4.69, 9.17) is 5.73 Å². The number of pyridine rings is 1. The third-order valence-corrected chi connectivity index (χ3v) is 4.96. The van der Waals surface area contributed by atoms with Crippen LogP contribution in [0, 0.1) is 11.7 Å². The van der Waals surface area contributed by atoms with Gasteiger partial charge in [-0.2, -0.15) is 0 Å². The molecule has 1 aromatic carbocycles. The predicted octanol–water partition coefficient (Wildman–Crippen LogP) is 1.56. The van der Waals surface area contributed by atoms with Crippen LogP contribution in [0.2, 0.25) is 0 Å². The molecule has 0 radical (unpaired) electrons. The first-order chi connectivity index (χ1) is 12.3. The Kier molecular flexibility index (Phi) is 4.67. The van der Waals surface area contributed by atoms with E-state index in [1.807, 2.05) is 11.8 Å². The number of aryl methyl sites for hydroxylation is 1. The van der Waals surface area contributed by atoms with Crippen molar-refractivity contribution in [2.45, 2.75) is 26.3 Å². The lowest BCUT2D eigenvalue weighted by Gasteiger charge is -2.32. The van der Waals surface area contributed by atoms with Gasteiger partial charge in [-0.3, -0.25) is 9.59 Å². The van der Waals surface area contributed by atoms with E-state index < -0.39 is 17.2 Å². The van der Waals surface area contributed by atoms with Gasteiger partial charge in [-0.25, -0.2) is 9.18 Å². The van der Waals surface area contributed by atoms with Crippen LogP contribution in [0.15, 0.2) is 23.1 Å². The molecule has 3 rings (SSSR count). The Balaban J connectivity index is 2.08. The van der Waals surface area contributed by atoms with Crippen LogP contribution in [0.1, 0.15) is 30.1 Å². The number of benzene rings is 1. The monoisotopic (exact) mass is 361 g/mol. The number of hydrogen-bond donors (Lipinski definition) is 2. The number of piperidine rings is 1. The van der Waals surface area contributed by atoms with Crippen LogP contribution >= 0.6 is 0 Å². The SMILES string of the molecule is CCn1cc(C(=O)O)c(=O)c2cc(F)c(N3CCC(C(N)=O)CC3)cc21. The summed E-state index contributed by atoms with van der Waals surface area (Å²) in [5.74, 6) is -2.47. The van der Waals surface area contributed by atoms with E-state index >= 15 is 0 Å². The van der Waals surface area contributed by atoms with Crippen molar-refractivity contribution in [1.82, 2.24) is 4.57 Å². The number of halogens is 1. The molecule has 138 valence electrons. The number of carbonyl (C=O) groups excluding carboxylic acids is 1. The molecule has 1 aromatic heterocycles. The zero-order valence-corrected chi connectivity index (χ0v) is 14.4. The van der Waals surface area contributed by atoms with E-state index in [9.17, 15) is 23.9 Å². The van der Waals surface area contributed by atoms with Crippen molar-refractivity contribution in [2.75, 3.05) is 18.0 Å². The van der Waals surface area contributed by atoms with Gasteiger partial charge in [0.2, 0.25) is 11.3 Å². The second kappa shape index (κ2) is 6.78. The Hall–Kier alpha value is -2.90. The predicted molar refractivity (Wildman–Crippen MR) is 94.9 cm³/mol. The van der Waals surface area contributed by atoms with E-state index in [1.54, 1.807) is 10.6 Å². The van der Waals surface area contributed by atoms with Gasteiger partial charge in [0, 0.05) is 37.1 Å². The van der Waals surface area contributed by atoms with Crippen LogP contribution in [0.25, 0.3) is 10.9 Å². The van der Waals surface area contributed by atoms with Gasteiger partial charge in [-0.05, 0) is 31.9 Å². The molecule has 1 amide bonds. The van der Waals surface area contributed by atoms with Crippen LogP contribution in [-0.4, -0.2) is 34.6 Å². The number of hydrogen-bond acceptors (Lipinski definition) is 4. The summed E-state index contributed by atoms with van der Waals surface area (Å²) in [6.45, 7) is 3.22. The van der Waals surface area contributed by atoms with E-state index in [2.05, 4.69) is 0 Å². The summed E-state index contributed by atoms with van der Waals surface area (Å²) in [6, 6.07) is 2.68. The molecule has 1 aliphatic heterocycles. The topological polar surface area (TPSA) is 106 Å². The molecule has 0 aliphatic carbocycles. The summed E-state index contributed by atoms with van der Waals surface area (Å²) >= 11 is 0. The van der Waals surface area contributed by atoms with Crippen molar-refractivity contribution >= 4 is 28.5 Å². The molecule has 0 bridgehead atoms. The quantitative estimate of drug-likeness (QED) is 0.860. The van der Waals surface area contributed by atoms with Crippen molar-refractivity contribution in [3.8, 4) is 0 Å². The first-order valence-electron chi connectivity index (χ1n) is 8.47. The van der Waals surface area contributed by atoms with Crippen molar-refractivity contribution in [1.29, 1.82) is 0 Å². The minimum atomic E-state index is -1.34. The molecule has 0 atom stereocenters. The Morgan fingerprint density at radius 3 is 2.50 bits per heavy atom. The van der Waals surface area contributed by atoms with E-state index in [0.29, 0.717) is 43.7 Å². The molecule has 0 spiro atoms. The maximum atomic E-state index is 14.7. The third-order valence-electron chi connectivity index (χ3n) is 4.96. The van der Waals surface area contributed by atoms with Gasteiger partial charge in [0.1, 0.15) is 11.4 Å². The molecule has 3 N–H and O–H groups in total. The molecule has 2 heterocycles. The number of anilines is 1. The van der Waals surface area contributed by atoms with Gasteiger partial charge in [0.05, 0.1) is 11.2 Å². The fourth-order valence-electron chi connectivity index (χ4n) is 3.46. The zero-order chi connectivity index (χ0) is 19.0. The Morgan fingerprint density at radius 2 is 1.96 bits per heavy atom. The number of aromatic carboxylic acids is 1. The molecule has 2 aromatic rings. The van der Waals surface area contributed by atoms with Crippen molar-refractivity contribution in [3.63, 3.8) is 0 Å². The van der Waals surface area contributed by atoms with Crippen LogP contribution in [0.3, 0.4) is 0 Å². The van der Waals surface area contributed by atoms with Gasteiger partial charge in [0.25, 0.3) is 0 Å². The van der Waals surface area contributed by atoms with E-state index in [0.717, 1.165) is 6.07 Å². The number of carboxylic acid groups (broad SMARTS) is 1. The smallest absolute Gasteiger partial charge is 0.341 e. The fraction of sp³-hybridized carbons (Fsp3) is 0.389. The first kappa shape index (κ1) is 17.9. The Morgan fingerprint density at radius 1 is 1.31 bits per heavy atom. The van der Waals surface area contributed by atoms with Gasteiger partial charge in [0.15, 0.2) is 0 Å². The summed E-state index contributed by atoms with van der Waals surface area (Å²) in [6.07, 6.45) is 2.38.